The number of hydrogen-bond donors (Lipinski definition) is 1. The molecule has 0 aliphatic rings. The van der Waals surface area contributed by atoms with Crippen LogP contribution in [0.1, 0.15) is 11.1 Å². The van der Waals surface area contributed by atoms with Gasteiger partial charge in [0.25, 0.3) is 0 Å². The van der Waals surface area contributed by atoms with Gasteiger partial charge < -0.3 is 5.73 Å². The van der Waals surface area contributed by atoms with Crippen molar-refractivity contribution in [2.24, 2.45) is 0 Å². The lowest BCUT2D eigenvalue weighted by Crippen LogP contribution is -2.09. The minimum atomic E-state index is -4.68. The zero-order chi connectivity index (χ0) is 15.8. The molecule has 21 heavy (non-hydrogen) atoms. The number of rotatable bonds is 1. The van der Waals surface area contributed by atoms with Crippen molar-refractivity contribution in [1.82, 2.24) is 4.98 Å². The van der Waals surface area contributed by atoms with E-state index >= 15 is 0 Å². The minimum Gasteiger partial charge on any atom is -0.384 e. The maximum atomic E-state index is 12.9. The molecule has 0 unspecified atom stereocenters. The van der Waals surface area contributed by atoms with E-state index < -0.39 is 23.5 Å². The lowest BCUT2D eigenvalue weighted by molar-refractivity contribution is -0.138. The van der Waals surface area contributed by atoms with Crippen LogP contribution in [-0.2, 0) is 12.4 Å². The number of pyridine rings is 1. The average Bonchev–Trinajstić information content (AvgIpc) is 2.36. The van der Waals surface area contributed by atoms with Crippen LogP contribution in [0.2, 0.25) is 0 Å². The summed E-state index contributed by atoms with van der Waals surface area (Å²) in [5, 5.41) is 0. The molecule has 0 amide bonds. The highest BCUT2D eigenvalue weighted by atomic mass is 19.4. The van der Waals surface area contributed by atoms with Crippen LogP contribution in [0.3, 0.4) is 0 Å². The maximum absolute atomic E-state index is 12.9. The smallest absolute Gasteiger partial charge is 0.384 e. The van der Waals surface area contributed by atoms with Gasteiger partial charge in [-0.3, -0.25) is 0 Å². The molecule has 1 aromatic heterocycles. The lowest BCUT2D eigenvalue weighted by atomic mass is 10.00. The Labute approximate surface area is 115 Å². The Bertz CT molecular complexity index is 643. The molecule has 0 bridgehead atoms. The third-order valence-electron chi connectivity index (χ3n) is 2.75. The molecular formula is C13H8F6N2. The summed E-state index contributed by atoms with van der Waals surface area (Å²) in [5.74, 6) is -0.155. The quantitative estimate of drug-likeness (QED) is 0.795. The predicted octanol–water partition coefficient (Wildman–Crippen LogP) is 4.37. The number of nitrogens with two attached hydrogens (primary N) is 1. The van der Waals surface area contributed by atoms with Gasteiger partial charge in [0.05, 0.1) is 11.1 Å². The van der Waals surface area contributed by atoms with Gasteiger partial charge in [-0.1, -0.05) is 12.1 Å². The summed E-state index contributed by atoms with van der Waals surface area (Å²) in [5.41, 5.74) is 3.01. The number of aromatic nitrogens is 1. The van der Waals surface area contributed by atoms with Crippen molar-refractivity contribution in [2.45, 2.75) is 12.4 Å². The third kappa shape index (κ3) is 3.26. The molecule has 0 aliphatic carbocycles. The van der Waals surface area contributed by atoms with Gasteiger partial charge in [-0.25, -0.2) is 4.98 Å². The molecule has 2 rings (SSSR count). The number of nitrogens with zero attached hydrogens (tertiary/aromatic N) is 1. The molecule has 1 aromatic carbocycles. The van der Waals surface area contributed by atoms with E-state index in [9.17, 15) is 26.3 Å². The topological polar surface area (TPSA) is 38.9 Å². The van der Waals surface area contributed by atoms with Crippen LogP contribution >= 0.6 is 0 Å². The van der Waals surface area contributed by atoms with Gasteiger partial charge >= 0.3 is 12.4 Å². The molecule has 8 heteroatoms. The molecule has 0 fully saturated rings. The fourth-order valence-electron chi connectivity index (χ4n) is 1.78. The van der Waals surface area contributed by atoms with Crippen molar-refractivity contribution in [3.63, 3.8) is 0 Å². The van der Waals surface area contributed by atoms with Gasteiger partial charge in [0.1, 0.15) is 5.82 Å². The van der Waals surface area contributed by atoms with Crippen molar-refractivity contribution < 1.29 is 26.3 Å². The van der Waals surface area contributed by atoms with Crippen molar-refractivity contribution >= 4 is 5.82 Å². The molecule has 0 saturated heterocycles. The van der Waals surface area contributed by atoms with Gasteiger partial charge in [0, 0.05) is 6.20 Å². The number of hydrogen-bond acceptors (Lipinski definition) is 2. The van der Waals surface area contributed by atoms with Crippen molar-refractivity contribution in [3.8, 4) is 11.1 Å². The Morgan fingerprint density at radius 1 is 0.857 bits per heavy atom. The molecule has 0 aliphatic heterocycles. The van der Waals surface area contributed by atoms with Gasteiger partial charge in [-0.15, -0.1) is 0 Å². The summed E-state index contributed by atoms with van der Waals surface area (Å²) in [6.07, 6.45) is -8.68. The summed E-state index contributed by atoms with van der Waals surface area (Å²) in [7, 11) is 0. The molecular weight excluding hydrogens is 298 g/mol. The molecule has 0 saturated carbocycles. The summed E-state index contributed by atoms with van der Waals surface area (Å²) < 4.78 is 76.0. The fraction of sp³-hybridized carbons (Fsp3) is 0.154. The normalized spacial score (nSPS) is 12.5. The average molecular weight is 306 g/mol. The molecule has 2 aromatic rings. The number of alkyl halides is 6. The first-order chi connectivity index (χ1) is 9.59. The Balaban J connectivity index is 2.54. The number of benzene rings is 1. The summed E-state index contributed by atoms with van der Waals surface area (Å²) in [6.45, 7) is 0. The van der Waals surface area contributed by atoms with Crippen molar-refractivity contribution in [2.75, 3.05) is 5.73 Å². The SMILES string of the molecule is Nc1cc(-c2ccc(C(F)(F)F)cc2)c(C(F)(F)F)cn1. The maximum Gasteiger partial charge on any atom is 0.418 e. The van der Waals surface area contributed by atoms with Gasteiger partial charge in [0.2, 0.25) is 0 Å². The van der Waals surface area contributed by atoms with Crippen LogP contribution in [0.4, 0.5) is 32.2 Å². The summed E-state index contributed by atoms with van der Waals surface area (Å²) >= 11 is 0. The van der Waals surface area contributed by atoms with Crippen LogP contribution in [-0.4, -0.2) is 4.98 Å². The van der Waals surface area contributed by atoms with E-state index in [0.29, 0.717) is 18.3 Å². The summed E-state index contributed by atoms with van der Waals surface area (Å²) in [6, 6.07) is 4.34. The van der Waals surface area contributed by atoms with Crippen LogP contribution in [0.25, 0.3) is 11.1 Å². The molecule has 2 N–H and O–H groups in total. The highest BCUT2D eigenvalue weighted by molar-refractivity contribution is 5.70. The molecule has 0 spiro atoms. The Morgan fingerprint density at radius 2 is 1.43 bits per heavy atom. The molecule has 1 heterocycles. The molecule has 0 radical (unpaired) electrons. The van der Waals surface area contributed by atoms with E-state index in [1.54, 1.807) is 0 Å². The van der Waals surface area contributed by atoms with Crippen molar-refractivity contribution in [1.29, 1.82) is 0 Å². The second-order valence-corrected chi connectivity index (χ2v) is 4.23. The highest BCUT2D eigenvalue weighted by Crippen LogP contribution is 2.38. The lowest BCUT2D eigenvalue weighted by Gasteiger charge is -2.14. The zero-order valence-corrected chi connectivity index (χ0v) is 10.3. The van der Waals surface area contributed by atoms with Crippen LogP contribution in [0.5, 0.6) is 0 Å². The monoisotopic (exact) mass is 306 g/mol. The molecule has 2 nitrogen and oxygen atoms in total. The van der Waals surface area contributed by atoms with E-state index in [4.69, 9.17) is 5.73 Å². The molecule has 112 valence electrons. The van der Waals surface area contributed by atoms with Gasteiger partial charge in [0.15, 0.2) is 0 Å². The van der Waals surface area contributed by atoms with Crippen LogP contribution in [0, 0.1) is 0 Å². The van der Waals surface area contributed by atoms with E-state index in [1.165, 1.54) is 0 Å². The minimum absolute atomic E-state index is 0.0237. The van der Waals surface area contributed by atoms with E-state index in [1.807, 2.05) is 0 Å². The zero-order valence-electron chi connectivity index (χ0n) is 10.3. The predicted molar refractivity (Wildman–Crippen MR) is 64.1 cm³/mol. The Hall–Kier alpha value is -2.25. The fourth-order valence-corrected chi connectivity index (χ4v) is 1.78. The summed E-state index contributed by atoms with van der Waals surface area (Å²) in [4.78, 5) is 3.37. The number of nitrogen functional groups attached to an aromatic ring is 1. The van der Waals surface area contributed by atoms with E-state index in [2.05, 4.69) is 4.98 Å². The first-order valence-corrected chi connectivity index (χ1v) is 5.59. The van der Waals surface area contributed by atoms with E-state index in [-0.39, 0.29) is 16.9 Å². The number of halogens is 6. The Morgan fingerprint density at radius 3 is 1.90 bits per heavy atom. The van der Waals surface area contributed by atoms with Crippen LogP contribution < -0.4 is 5.73 Å². The third-order valence-corrected chi connectivity index (χ3v) is 2.75. The van der Waals surface area contributed by atoms with Gasteiger partial charge in [-0.2, -0.15) is 26.3 Å². The standard InChI is InChI=1S/C13H8F6N2/c14-12(15,16)8-3-1-7(2-4-8)9-5-11(20)21-6-10(9)13(17,18)19/h1-6H,(H2,20,21). The largest absolute Gasteiger partial charge is 0.418 e. The Kier molecular flexibility index (Phi) is 3.56. The first kappa shape index (κ1) is 15.1. The molecule has 0 atom stereocenters. The second kappa shape index (κ2) is 4.94. The number of anilines is 1. The van der Waals surface area contributed by atoms with Crippen molar-refractivity contribution in [3.05, 3.63) is 47.7 Å². The van der Waals surface area contributed by atoms with Crippen LogP contribution in [0.15, 0.2) is 36.5 Å². The first-order valence-electron chi connectivity index (χ1n) is 5.59. The second-order valence-electron chi connectivity index (χ2n) is 4.23. The van der Waals surface area contributed by atoms with Gasteiger partial charge in [-0.05, 0) is 29.3 Å². The highest BCUT2D eigenvalue weighted by Gasteiger charge is 2.35. The van der Waals surface area contributed by atoms with E-state index in [0.717, 1.165) is 18.2 Å².